The second kappa shape index (κ2) is 5.46. The fourth-order valence-corrected chi connectivity index (χ4v) is 1.56. The predicted octanol–water partition coefficient (Wildman–Crippen LogP) is 2.04. The number of urea groups is 1. The summed E-state index contributed by atoms with van der Waals surface area (Å²) in [4.78, 5) is 15.8. The average Bonchev–Trinajstić information content (AvgIpc) is 2.21. The number of nitrogens with zero attached hydrogens (tertiary/aromatic N) is 1. The van der Waals surface area contributed by atoms with Crippen molar-refractivity contribution < 1.29 is 9.90 Å². The monoisotopic (exact) mass is 301 g/mol. The third kappa shape index (κ3) is 4.32. The smallest absolute Gasteiger partial charge is 0.319 e. The van der Waals surface area contributed by atoms with Crippen LogP contribution < -0.4 is 10.6 Å². The maximum atomic E-state index is 11.7. The Labute approximate surface area is 109 Å². The van der Waals surface area contributed by atoms with E-state index in [0.29, 0.717) is 5.69 Å². The lowest BCUT2D eigenvalue weighted by Gasteiger charge is -2.23. The van der Waals surface area contributed by atoms with Crippen LogP contribution in [0.25, 0.3) is 0 Å². The van der Waals surface area contributed by atoms with Crippen LogP contribution in [0.1, 0.15) is 19.5 Å². The molecule has 0 bridgehead atoms. The van der Waals surface area contributed by atoms with Crippen molar-refractivity contribution in [1.29, 1.82) is 0 Å². The molecule has 0 unspecified atom stereocenters. The number of aromatic nitrogens is 1. The third-order valence-corrected chi connectivity index (χ3v) is 2.59. The summed E-state index contributed by atoms with van der Waals surface area (Å²) in [7, 11) is 0. The third-order valence-electron chi connectivity index (χ3n) is 2.15. The summed E-state index contributed by atoms with van der Waals surface area (Å²) in [6.45, 7) is 5.15. The molecule has 3 N–H and O–H groups in total. The molecule has 1 heterocycles. The van der Waals surface area contributed by atoms with Gasteiger partial charge in [0.25, 0.3) is 0 Å². The van der Waals surface area contributed by atoms with E-state index in [1.165, 1.54) is 0 Å². The fourth-order valence-electron chi connectivity index (χ4n) is 1.16. The van der Waals surface area contributed by atoms with E-state index in [0.717, 1.165) is 10.3 Å². The van der Waals surface area contributed by atoms with Gasteiger partial charge in [0.05, 0.1) is 23.5 Å². The number of hydrogen-bond donors (Lipinski definition) is 3. The van der Waals surface area contributed by atoms with Crippen LogP contribution in [0.4, 0.5) is 10.5 Å². The number of rotatable bonds is 3. The summed E-state index contributed by atoms with van der Waals surface area (Å²) < 4.78 is 0.719. The molecule has 0 atom stereocenters. The van der Waals surface area contributed by atoms with Gasteiger partial charge in [-0.1, -0.05) is 0 Å². The van der Waals surface area contributed by atoms with Gasteiger partial charge in [0, 0.05) is 0 Å². The number of aliphatic hydroxyl groups is 1. The van der Waals surface area contributed by atoms with E-state index < -0.39 is 5.54 Å². The molecule has 1 aromatic rings. The van der Waals surface area contributed by atoms with Crippen LogP contribution in [-0.4, -0.2) is 28.3 Å². The maximum Gasteiger partial charge on any atom is 0.319 e. The second-order valence-electron chi connectivity index (χ2n) is 4.39. The SMILES string of the molecule is Cc1nc(Br)ccc1NC(=O)NC(C)(C)CO. The highest BCUT2D eigenvalue weighted by atomic mass is 79.9. The number of aliphatic hydroxyl groups excluding tert-OH is 1. The topological polar surface area (TPSA) is 74.2 Å². The van der Waals surface area contributed by atoms with Crippen molar-refractivity contribution >= 4 is 27.6 Å². The first-order valence-corrected chi connectivity index (χ1v) is 5.96. The van der Waals surface area contributed by atoms with Crippen molar-refractivity contribution in [3.63, 3.8) is 0 Å². The number of carbonyl (C=O) groups is 1. The summed E-state index contributed by atoms with van der Waals surface area (Å²) >= 11 is 3.25. The number of hydrogen-bond acceptors (Lipinski definition) is 3. The number of pyridine rings is 1. The molecule has 17 heavy (non-hydrogen) atoms. The summed E-state index contributed by atoms with van der Waals surface area (Å²) in [6.07, 6.45) is 0. The van der Waals surface area contributed by atoms with E-state index >= 15 is 0 Å². The van der Waals surface area contributed by atoms with Gasteiger partial charge in [0.1, 0.15) is 4.60 Å². The number of aryl methyl sites for hydroxylation is 1. The maximum absolute atomic E-state index is 11.7. The molecule has 0 aliphatic carbocycles. The van der Waals surface area contributed by atoms with Crippen molar-refractivity contribution in [2.75, 3.05) is 11.9 Å². The quantitative estimate of drug-likeness (QED) is 0.748. The minimum atomic E-state index is -0.652. The molecule has 5 nitrogen and oxygen atoms in total. The molecule has 0 aliphatic rings. The van der Waals surface area contributed by atoms with Gasteiger partial charge in [-0.15, -0.1) is 0 Å². The summed E-state index contributed by atoms with van der Waals surface area (Å²) in [5, 5.41) is 14.4. The molecule has 0 aliphatic heterocycles. The molecule has 0 spiro atoms. The zero-order valence-electron chi connectivity index (χ0n) is 10.0. The first kappa shape index (κ1) is 13.9. The van der Waals surface area contributed by atoms with Crippen LogP contribution in [-0.2, 0) is 0 Å². The molecule has 0 saturated heterocycles. The predicted molar refractivity (Wildman–Crippen MR) is 70.0 cm³/mol. The van der Waals surface area contributed by atoms with Crippen LogP contribution in [0.5, 0.6) is 0 Å². The Balaban J connectivity index is 2.69. The minimum Gasteiger partial charge on any atom is -0.394 e. The van der Waals surface area contributed by atoms with Crippen molar-refractivity contribution in [2.24, 2.45) is 0 Å². The summed E-state index contributed by atoms with van der Waals surface area (Å²) in [5.74, 6) is 0. The Morgan fingerprint density at radius 2 is 2.18 bits per heavy atom. The van der Waals surface area contributed by atoms with E-state index in [-0.39, 0.29) is 12.6 Å². The minimum absolute atomic E-state index is 0.127. The molecule has 2 amide bonds. The molecular weight excluding hydrogens is 286 g/mol. The largest absolute Gasteiger partial charge is 0.394 e. The zero-order valence-corrected chi connectivity index (χ0v) is 11.6. The second-order valence-corrected chi connectivity index (χ2v) is 5.20. The first-order chi connectivity index (χ1) is 7.84. The molecular formula is C11H16BrN3O2. The van der Waals surface area contributed by atoms with Crippen LogP contribution >= 0.6 is 15.9 Å². The molecule has 1 aromatic heterocycles. The summed E-state index contributed by atoms with van der Waals surface area (Å²) in [5.41, 5.74) is 0.705. The van der Waals surface area contributed by atoms with Gasteiger partial charge in [0.2, 0.25) is 0 Å². The normalized spacial score (nSPS) is 11.1. The Morgan fingerprint density at radius 3 is 2.71 bits per heavy atom. The standard InChI is InChI=1S/C11H16BrN3O2/c1-7-8(4-5-9(12)13-7)14-10(17)15-11(2,3)6-16/h4-5,16H,6H2,1-3H3,(H2,14,15,17). The van der Waals surface area contributed by atoms with Crippen molar-refractivity contribution in [3.8, 4) is 0 Å². The van der Waals surface area contributed by atoms with Gasteiger partial charge < -0.3 is 15.7 Å². The van der Waals surface area contributed by atoms with E-state index in [4.69, 9.17) is 5.11 Å². The number of carbonyl (C=O) groups excluding carboxylic acids is 1. The van der Waals surface area contributed by atoms with Crippen LogP contribution in [0.3, 0.4) is 0 Å². The van der Waals surface area contributed by atoms with E-state index in [2.05, 4.69) is 31.5 Å². The van der Waals surface area contributed by atoms with Gasteiger partial charge >= 0.3 is 6.03 Å². The molecule has 1 rings (SSSR count). The zero-order chi connectivity index (χ0) is 13.1. The lowest BCUT2D eigenvalue weighted by atomic mass is 10.1. The fraction of sp³-hybridized carbons (Fsp3) is 0.455. The summed E-state index contributed by atoms with van der Waals surface area (Å²) in [6, 6.07) is 3.15. The van der Waals surface area contributed by atoms with Gasteiger partial charge in [-0.05, 0) is 48.8 Å². The van der Waals surface area contributed by atoms with Gasteiger partial charge in [0.15, 0.2) is 0 Å². The highest BCUT2D eigenvalue weighted by Gasteiger charge is 2.19. The van der Waals surface area contributed by atoms with E-state index in [1.54, 1.807) is 32.9 Å². The first-order valence-electron chi connectivity index (χ1n) is 5.17. The molecule has 0 radical (unpaired) electrons. The van der Waals surface area contributed by atoms with Crippen LogP contribution in [0, 0.1) is 6.92 Å². The van der Waals surface area contributed by atoms with E-state index in [9.17, 15) is 4.79 Å². The highest BCUT2D eigenvalue weighted by molar-refractivity contribution is 9.10. The number of anilines is 1. The number of halogens is 1. The van der Waals surface area contributed by atoms with Gasteiger partial charge in [-0.2, -0.15) is 0 Å². The van der Waals surface area contributed by atoms with Gasteiger partial charge in [-0.25, -0.2) is 9.78 Å². The average molecular weight is 302 g/mol. The molecule has 6 heteroatoms. The number of amides is 2. The highest BCUT2D eigenvalue weighted by Crippen LogP contribution is 2.16. The Bertz CT molecular complexity index is 421. The van der Waals surface area contributed by atoms with E-state index in [1.807, 2.05) is 0 Å². The lowest BCUT2D eigenvalue weighted by Crippen LogP contribution is -2.48. The van der Waals surface area contributed by atoms with Gasteiger partial charge in [-0.3, -0.25) is 0 Å². The molecule has 0 saturated carbocycles. The van der Waals surface area contributed by atoms with Crippen molar-refractivity contribution in [1.82, 2.24) is 10.3 Å². The molecule has 0 aromatic carbocycles. The lowest BCUT2D eigenvalue weighted by molar-refractivity contribution is 0.187. The Hall–Kier alpha value is -1.14. The van der Waals surface area contributed by atoms with Crippen LogP contribution in [0.15, 0.2) is 16.7 Å². The molecule has 0 fully saturated rings. The number of nitrogens with one attached hydrogen (secondary N) is 2. The van der Waals surface area contributed by atoms with Crippen molar-refractivity contribution in [2.45, 2.75) is 26.3 Å². The molecule has 94 valence electrons. The van der Waals surface area contributed by atoms with Crippen molar-refractivity contribution in [3.05, 3.63) is 22.4 Å². The Kier molecular flexibility index (Phi) is 4.47. The van der Waals surface area contributed by atoms with Crippen LogP contribution in [0.2, 0.25) is 0 Å². The Morgan fingerprint density at radius 1 is 1.53 bits per heavy atom.